The van der Waals surface area contributed by atoms with Crippen molar-refractivity contribution in [2.75, 3.05) is 12.4 Å². The number of methoxy groups -OCH3 is 1. The molecule has 0 aliphatic carbocycles. The Morgan fingerprint density at radius 2 is 1.85 bits per heavy atom. The molecule has 0 saturated heterocycles. The van der Waals surface area contributed by atoms with Gasteiger partial charge in [0.1, 0.15) is 0 Å². The van der Waals surface area contributed by atoms with Gasteiger partial charge in [-0.3, -0.25) is 0 Å². The Morgan fingerprint density at radius 3 is 2.55 bits per heavy atom. The van der Waals surface area contributed by atoms with Gasteiger partial charge in [-0.25, -0.2) is 0 Å². The standard InChI is InChI=1S/C17H20ClNO/c1-13(10-14-6-8-16(18)9-7-14)19-17-5-3-4-15(11-17)12-20-2/h3-9,11,13,19H,10,12H2,1-2H3. The lowest BCUT2D eigenvalue weighted by atomic mass is 10.1. The Bertz CT molecular complexity index is 539. The summed E-state index contributed by atoms with van der Waals surface area (Å²) < 4.78 is 5.15. The first-order valence-electron chi connectivity index (χ1n) is 6.76. The van der Waals surface area contributed by atoms with Gasteiger partial charge < -0.3 is 10.1 Å². The van der Waals surface area contributed by atoms with E-state index in [1.165, 1.54) is 11.1 Å². The highest BCUT2D eigenvalue weighted by atomic mass is 35.5. The molecule has 2 aromatic carbocycles. The molecule has 0 radical (unpaired) electrons. The van der Waals surface area contributed by atoms with Gasteiger partial charge in [0.2, 0.25) is 0 Å². The third kappa shape index (κ3) is 4.55. The Labute approximate surface area is 125 Å². The molecule has 0 heterocycles. The molecule has 2 nitrogen and oxygen atoms in total. The molecule has 0 fully saturated rings. The van der Waals surface area contributed by atoms with Crippen LogP contribution in [0.5, 0.6) is 0 Å². The zero-order valence-electron chi connectivity index (χ0n) is 11.9. The van der Waals surface area contributed by atoms with Gasteiger partial charge in [-0.2, -0.15) is 0 Å². The van der Waals surface area contributed by atoms with Crippen molar-refractivity contribution in [2.45, 2.75) is 26.0 Å². The van der Waals surface area contributed by atoms with Crippen LogP contribution in [-0.4, -0.2) is 13.2 Å². The number of halogens is 1. The van der Waals surface area contributed by atoms with Crippen molar-refractivity contribution in [3.8, 4) is 0 Å². The van der Waals surface area contributed by atoms with Gasteiger partial charge in [0, 0.05) is 23.9 Å². The molecular formula is C17H20ClNO. The fraction of sp³-hybridized carbons (Fsp3) is 0.294. The van der Waals surface area contributed by atoms with Crippen molar-refractivity contribution in [3.05, 3.63) is 64.7 Å². The smallest absolute Gasteiger partial charge is 0.0713 e. The molecule has 0 amide bonds. The Balaban J connectivity index is 1.95. The fourth-order valence-electron chi connectivity index (χ4n) is 2.23. The lowest BCUT2D eigenvalue weighted by molar-refractivity contribution is 0.185. The molecule has 106 valence electrons. The average Bonchev–Trinajstić information content (AvgIpc) is 2.42. The number of nitrogens with one attached hydrogen (secondary N) is 1. The summed E-state index contributed by atoms with van der Waals surface area (Å²) in [6.45, 7) is 2.82. The number of hydrogen-bond acceptors (Lipinski definition) is 2. The van der Waals surface area contributed by atoms with Crippen LogP contribution in [0.25, 0.3) is 0 Å². The van der Waals surface area contributed by atoms with E-state index >= 15 is 0 Å². The highest BCUT2D eigenvalue weighted by Crippen LogP contribution is 2.15. The molecule has 1 unspecified atom stereocenters. The van der Waals surface area contributed by atoms with Crippen molar-refractivity contribution in [2.24, 2.45) is 0 Å². The Hall–Kier alpha value is -1.51. The molecule has 2 rings (SSSR count). The minimum absolute atomic E-state index is 0.356. The number of rotatable bonds is 6. The van der Waals surface area contributed by atoms with E-state index in [0.29, 0.717) is 12.6 Å². The Kier molecular flexibility index (Phi) is 5.45. The Morgan fingerprint density at radius 1 is 1.10 bits per heavy atom. The van der Waals surface area contributed by atoms with E-state index in [-0.39, 0.29) is 0 Å². The van der Waals surface area contributed by atoms with Crippen LogP contribution in [0.4, 0.5) is 5.69 Å². The van der Waals surface area contributed by atoms with Gasteiger partial charge in [-0.15, -0.1) is 0 Å². The fourth-order valence-corrected chi connectivity index (χ4v) is 2.35. The highest BCUT2D eigenvalue weighted by Gasteiger charge is 2.04. The summed E-state index contributed by atoms with van der Waals surface area (Å²) in [5.41, 5.74) is 3.58. The van der Waals surface area contributed by atoms with E-state index in [1.807, 2.05) is 18.2 Å². The number of ether oxygens (including phenoxy) is 1. The molecule has 0 saturated carbocycles. The third-order valence-corrected chi connectivity index (χ3v) is 3.36. The van der Waals surface area contributed by atoms with Gasteiger partial charge in [0.25, 0.3) is 0 Å². The average molecular weight is 290 g/mol. The maximum atomic E-state index is 5.90. The monoisotopic (exact) mass is 289 g/mol. The van der Waals surface area contributed by atoms with Crippen LogP contribution in [0.15, 0.2) is 48.5 Å². The first kappa shape index (κ1) is 14.9. The SMILES string of the molecule is COCc1cccc(NC(C)Cc2ccc(Cl)cc2)c1. The maximum Gasteiger partial charge on any atom is 0.0713 e. The molecular weight excluding hydrogens is 270 g/mol. The summed E-state index contributed by atoms with van der Waals surface area (Å²) >= 11 is 5.90. The molecule has 3 heteroatoms. The maximum absolute atomic E-state index is 5.90. The predicted molar refractivity (Wildman–Crippen MR) is 85.4 cm³/mol. The summed E-state index contributed by atoms with van der Waals surface area (Å²) in [7, 11) is 1.71. The number of benzene rings is 2. The van der Waals surface area contributed by atoms with Crippen LogP contribution in [0.1, 0.15) is 18.1 Å². The summed E-state index contributed by atoms with van der Waals surface area (Å²) in [5.74, 6) is 0. The first-order valence-corrected chi connectivity index (χ1v) is 7.14. The van der Waals surface area contributed by atoms with Crippen LogP contribution >= 0.6 is 11.6 Å². The van der Waals surface area contributed by atoms with Gasteiger partial charge >= 0.3 is 0 Å². The minimum atomic E-state index is 0.356. The van der Waals surface area contributed by atoms with Crippen LogP contribution in [-0.2, 0) is 17.8 Å². The molecule has 0 aromatic heterocycles. The molecule has 0 spiro atoms. The van der Waals surface area contributed by atoms with Crippen LogP contribution < -0.4 is 5.32 Å². The van der Waals surface area contributed by atoms with Gasteiger partial charge in [-0.1, -0.05) is 35.9 Å². The number of hydrogen-bond donors (Lipinski definition) is 1. The summed E-state index contributed by atoms with van der Waals surface area (Å²) in [4.78, 5) is 0. The normalized spacial score (nSPS) is 12.2. The summed E-state index contributed by atoms with van der Waals surface area (Å²) in [6, 6.07) is 16.7. The number of anilines is 1. The third-order valence-electron chi connectivity index (χ3n) is 3.11. The van der Waals surface area contributed by atoms with Crippen molar-refractivity contribution in [1.29, 1.82) is 0 Å². The van der Waals surface area contributed by atoms with Crippen LogP contribution in [0.2, 0.25) is 5.02 Å². The quantitative estimate of drug-likeness (QED) is 0.843. The lowest BCUT2D eigenvalue weighted by Crippen LogP contribution is -2.18. The zero-order valence-corrected chi connectivity index (χ0v) is 12.7. The van der Waals surface area contributed by atoms with E-state index < -0.39 is 0 Å². The van der Waals surface area contributed by atoms with Crippen LogP contribution in [0, 0.1) is 0 Å². The second kappa shape index (κ2) is 7.32. The molecule has 0 bridgehead atoms. The zero-order chi connectivity index (χ0) is 14.4. The van der Waals surface area contributed by atoms with E-state index in [1.54, 1.807) is 7.11 Å². The van der Waals surface area contributed by atoms with Crippen LogP contribution in [0.3, 0.4) is 0 Å². The van der Waals surface area contributed by atoms with Crippen molar-refractivity contribution in [3.63, 3.8) is 0 Å². The largest absolute Gasteiger partial charge is 0.382 e. The molecule has 1 atom stereocenters. The van der Waals surface area contributed by atoms with E-state index in [2.05, 4.69) is 42.6 Å². The summed E-state index contributed by atoms with van der Waals surface area (Å²) in [6.07, 6.45) is 0.964. The topological polar surface area (TPSA) is 21.3 Å². The second-order valence-electron chi connectivity index (χ2n) is 5.01. The predicted octanol–water partition coefficient (Wildman–Crippen LogP) is 4.53. The summed E-state index contributed by atoms with van der Waals surface area (Å²) in [5, 5.41) is 4.29. The van der Waals surface area contributed by atoms with E-state index in [9.17, 15) is 0 Å². The minimum Gasteiger partial charge on any atom is -0.382 e. The van der Waals surface area contributed by atoms with E-state index in [0.717, 1.165) is 17.1 Å². The van der Waals surface area contributed by atoms with E-state index in [4.69, 9.17) is 16.3 Å². The van der Waals surface area contributed by atoms with Crippen molar-refractivity contribution < 1.29 is 4.74 Å². The molecule has 20 heavy (non-hydrogen) atoms. The molecule has 1 N–H and O–H groups in total. The van der Waals surface area contributed by atoms with Gasteiger partial charge in [-0.05, 0) is 48.7 Å². The molecule has 2 aromatic rings. The van der Waals surface area contributed by atoms with Crippen molar-refractivity contribution in [1.82, 2.24) is 0 Å². The lowest BCUT2D eigenvalue weighted by Gasteiger charge is -2.16. The molecule has 0 aliphatic heterocycles. The van der Waals surface area contributed by atoms with Crippen molar-refractivity contribution >= 4 is 17.3 Å². The van der Waals surface area contributed by atoms with Gasteiger partial charge in [0.15, 0.2) is 0 Å². The van der Waals surface area contributed by atoms with Gasteiger partial charge in [0.05, 0.1) is 6.61 Å². The second-order valence-corrected chi connectivity index (χ2v) is 5.45. The molecule has 0 aliphatic rings. The highest BCUT2D eigenvalue weighted by molar-refractivity contribution is 6.30. The first-order chi connectivity index (χ1) is 9.67.